The molecule has 3 aromatic rings. The molecule has 0 aliphatic heterocycles. The number of nitrogens with one attached hydrogen (secondary N) is 2. The molecular weight excluding hydrogens is 438 g/mol. The highest BCUT2D eigenvalue weighted by Crippen LogP contribution is 2.27. The van der Waals surface area contributed by atoms with Crippen LogP contribution in [0.3, 0.4) is 0 Å². The molecule has 2 heterocycles. The van der Waals surface area contributed by atoms with E-state index in [1.165, 1.54) is 6.08 Å². The van der Waals surface area contributed by atoms with Crippen LogP contribution in [0.1, 0.15) is 31.5 Å². The van der Waals surface area contributed by atoms with Crippen LogP contribution in [0.5, 0.6) is 0 Å². The van der Waals surface area contributed by atoms with Crippen molar-refractivity contribution in [3.05, 3.63) is 52.8 Å². The fourth-order valence-corrected chi connectivity index (χ4v) is 4.26. The van der Waals surface area contributed by atoms with Gasteiger partial charge in [-0.2, -0.15) is 18.2 Å². The summed E-state index contributed by atoms with van der Waals surface area (Å²) in [5.41, 5.74) is 2.34. The zero-order valence-corrected chi connectivity index (χ0v) is 19.5. The van der Waals surface area contributed by atoms with E-state index in [1.54, 1.807) is 10.8 Å². The Bertz CT molecular complexity index is 1240. The van der Waals surface area contributed by atoms with Gasteiger partial charge in [-0.05, 0) is 49.6 Å². The lowest BCUT2D eigenvalue weighted by atomic mass is 10.1. The number of nitrogens with zero attached hydrogens (tertiary/aromatic N) is 3. The Hall–Kier alpha value is -2.62. The summed E-state index contributed by atoms with van der Waals surface area (Å²) < 4.78 is 32.1. The Labute approximate surface area is 187 Å². The Morgan fingerprint density at radius 3 is 2.74 bits per heavy atom. The SMILES string of the molecule is Cc1nn(C)c(-n2ccc3cc(Cl)ccc32)c1/C=C/C(=O)NS(=O)(=O)NCCC(C)C. The van der Waals surface area contributed by atoms with Crippen molar-refractivity contribution >= 4 is 44.7 Å². The Kier molecular flexibility index (Phi) is 6.88. The third-order valence-corrected chi connectivity index (χ3v) is 6.06. The van der Waals surface area contributed by atoms with Crippen LogP contribution in [0.25, 0.3) is 22.8 Å². The summed E-state index contributed by atoms with van der Waals surface area (Å²) >= 11 is 6.09. The Balaban J connectivity index is 1.84. The average Bonchev–Trinajstić information content (AvgIpc) is 3.18. The molecule has 0 aliphatic carbocycles. The Morgan fingerprint density at radius 2 is 2.03 bits per heavy atom. The molecule has 2 aromatic heterocycles. The van der Waals surface area contributed by atoms with Gasteiger partial charge in [0.05, 0.1) is 11.2 Å². The lowest BCUT2D eigenvalue weighted by Crippen LogP contribution is -2.40. The van der Waals surface area contributed by atoms with Crippen LogP contribution in [0.2, 0.25) is 5.02 Å². The molecule has 1 aromatic carbocycles. The number of hydrogen-bond acceptors (Lipinski definition) is 4. The van der Waals surface area contributed by atoms with Crippen molar-refractivity contribution in [2.75, 3.05) is 6.54 Å². The summed E-state index contributed by atoms with van der Waals surface area (Å²) in [5.74, 6) is 0.359. The van der Waals surface area contributed by atoms with Crippen LogP contribution >= 0.6 is 11.6 Å². The number of halogens is 1. The van der Waals surface area contributed by atoms with Gasteiger partial charge in [-0.15, -0.1) is 0 Å². The average molecular weight is 464 g/mol. The predicted octanol–water partition coefficient (Wildman–Crippen LogP) is 3.34. The van der Waals surface area contributed by atoms with E-state index < -0.39 is 16.1 Å². The van der Waals surface area contributed by atoms with Crippen molar-refractivity contribution < 1.29 is 13.2 Å². The zero-order chi connectivity index (χ0) is 22.8. The van der Waals surface area contributed by atoms with Gasteiger partial charge in [-0.25, -0.2) is 4.72 Å². The first kappa shape index (κ1) is 23.1. The summed E-state index contributed by atoms with van der Waals surface area (Å²) in [5, 5.41) is 6.07. The van der Waals surface area contributed by atoms with E-state index in [1.807, 2.05) is 67.6 Å². The summed E-state index contributed by atoms with van der Waals surface area (Å²) in [7, 11) is -2.10. The largest absolute Gasteiger partial charge is 0.301 e. The van der Waals surface area contributed by atoms with Gasteiger partial charge < -0.3 is 4.57 Å². The molecule has 0 fully saturated rings. The number of rotatable bonds is 8. The molecule has 1 amide bonds. The Morgan fingerprint density at radius 1 is 1.29 bits per heavy atom. The van der Waals surface area contributed by atoms with Crippen molar-refractivity contribution in [2.24, 2.45) is 13.0 Å². The van der Waals surface area contributed by atoms with Gasteiger partial charge in [0.2, 0.25) is 0 Å². The highest BCUT2D eigenvalue weighted by Gasteiger charge is 2.16. The molecule has 0 saturated heterocycles. The summed E-state index contributed by atoms with van der Waals surface area (Å²) in [6.07, 6.45) is 5.34. The molecule has 0 unspecified atom stereocenters. The minimum absolute atomic E-state index is 0.264. The first-order chi connectivity index (χ1) is 14.6. The normalized spacial score (nSPS) is 12.3. The lowest BCUT2D eigenvalue weighted by Gasteiger charge is -2.09. The summed E-state index contributed by atoms with van der Waals surface area (Å²) in [6, 6.07) is 7.54. The second-order valence-corrected chi connectivity index (χ2v) is 9.65. The number of carbonyl (C=O) groups is 1. The molecule has 3 rings (SSSR count). The third-order valence-electron chi connectivity index (χ3n) is 4.77. The maximum Gasteiger partial charge on any atom is 0.301 e. The number of carbonyl (C=O) groups excluding carboxylic acids is 1. The third kappa shape index (κ3) is 5.55. The van der Waals surface area contributed by atoms with Crippen molar-refractivity contribution in [1.29, 1.82) is 0 Å². The van der Waals surface area contributed by atoms with E-state index in [9.17, 15) is 13.2 Å². The molecule has 10 heteroatoms. The monoisotopic (exact) mass is 463 g/mol. The van der Waals surface area contributed by atoms with E-state index in [4.69, 9.17) is 11.6 Å². The molecule has 0 radical (unpaired) electrons. The van der Waals surface area contributed by atoms with Gasteiger partial charge in [0.25, 0.3) is 5.91 Å². The van der Waals surface area contributed by atoms with Gasteiger partial charge in [0, 0.05) is 41.8 Å². The first-order valence-electron chi connectivity index (χ1n) is 9.87. The van der Waals surface area contributed by atoms with Crippen LogP contribution < -0.4 is 9.44 Å². The quantitative estimate of drug-likeness (QED) is 0.500. The topological polar surface area (TPSA) is 98.0 Å². The maximum atomic E-state index is 12.2. The molecule has 0 spiro atoms. The van der Waals surface area contributed by atoms with Crippen LogP contribution in [-0.2, 0) is 22.1 Å². The molecule has 31 heavy (non-hydrogen) atoms. The van der Waals surface area contributed by atoms with Crippen molar-refractivity contribution in [3.63, 3.8) is 0 Å². The smallest absolute Gasteiger partial charge is 0.301 e. The van der Waals surface area contributed by atoms with Crippen molar-refractivity contribution in [2.45, 2.75) is 27.2 Å². The van der Waals surface area contributed by atoms with Gasteiger partial charge in [-0.1, -0.05) is 25.4 Å². The zero-order valence-electron chi connectivity index (χ0n) is 17.9. The number of amides is 1. The summed E-state index contributed by atoms with van der Waals surface area (Å²) in [4.78, 5) is 12.2. The minimum atomic E-state index is -3.91. The minimum Gasteiger partial charge on any atom is -0.301 e. The van der Waals surface area contributed by atoms with Gasteiger partial charge in [0.15, 0.2) is 0 Å². The van der Waals surface area contributed by atoms with E-state index in [2.05, 4.69) is 9.82 Å². The second-order valence-electron chi connectivity index (χ2n) is 7.72. The van der Waals surface area contributed by atoms with Crippen molar-refractivity contribution in [3.8, 4) is 5.82 Å². The van der Waals surface area contributed by atoms with E-state index >= 15 is 0 Å². The highest BCUT2D eigenvalue weighted by molar-refractivity contribution is 7.88. The standard InChI is InChI=1S/C21H26ClN5O3S/c1-14(2)9-11-23-31(29,30)25-20(28)8-6-18-15(3)24-26(4)21(18)27-12-10-16-13-17(22)5-7-19(16)27/h5-8,10,12-14,23H,9,11H2,1-4H3,(H,25,28)/b8-6+. The molecule has 0 saturated carbocycles. The van der Waals surface area contributed by atoms with Crippen LogP contribution in [0.15, 0.2) is 36.5 Å². The fourth-order valence-electron chi connectivity index (χ4n) is 3.28. The number of aromatic nitrogens is 3. The van der Waals surface area contributed by atoms with Crippen LogP contribution in [0, 0.1) is 12.8 Å². The second kappa shape index (κ2) is 9.25. The molecule has 0 aliphatic rings. The number of hydrogen-bond donors (Lipinski definition) is 2. The first-order valence-corrected chi connectivity index (χ1v) is 11.7. The maximum absolute atomic E-state index is 12.2. The number of benzene rings is 1. The summed E-state index contributed by atoms with van der Waals surface area (Å²) in [6.45, 7) is 6.08. The number of aryl methyl sites for hydroxylation is 2. The molecule has 2 N–H and O–H groups in total. The van der Waals surface area contributed by atoms with E-state index in [-0.39, 0.29) is 6.54 Å². The molecule has 0 atom stereocenters. The van der Waals surface area contributed by atoms with Gasteiger partial charge >= 0.3 is 10.2 Å². The predicted molar refractivity (Wildman–Crippen MR) is 123 cm³/mol. The lowest BCUT2D eigenvalue weighted by molar-refractivity contribution is -0.114. The highest BCUT2D eigenvalue weighted by atomic mass is 35.5. The molecular formula is C21H26ClN5O3S. The van der Waals surface area contributed by atoms with Gasteiger partial charge in [0.1, 0.15) is 5.82 Å². The van der Waals surface area contributed by atoms with Crippen LogP contribution in [-0.4, -0.2) is 35.2 Å². The fraction of sp³-hybridized carbons (Fsp3) is 0.333. The molecule has 166 valence electrons. The molecule has 0 bridgehead atoms. The van der Waals surface area contributed by atoms with Gasteiger partial charge in [-0.3, -0.25) is 9.48 Å². The van der Waals surface area contributed by atoms with E-state index in [0.29, 0.717) is 28.6 Å². The number of fused-ring (bicyclic) bond motifs is 1. The molecule has 8 nitrogen and oxygen atoms in total. The van der Waals surface area contributed by atoms with Crippen molar-refractivity contribution in [1.82, 2.24) is 23.8 Å². The van der Waals surface area contributed by atoms with E-state index in [0.717, 1.165) is 16.7 Å². The van der Waals surface area contributed by atoms with Crippen LogP contribution in [0.4, 0.5) is 0 Å².